The van der Waals surface area contributed by atoms with Crippen molar-refractivity contribution in [3.8, 4) is 5.75 Å². The number of amides is 1. The third kappa shape index (κ3) is 6.86. The van der Waals surface area contributed by atoms with Gasteiger partial charge in [0.2, 0.25) is 0 Å². The van der Waals surface area contributed by atoms with Crippen molar-refractivity contribution in [2.75, 3.05) is 13.7 Å². The van der Waals surface area contributed by atoms with E-state index in [-0.39, 0.29) is 17.9 Å². The van der Waals surface area contributed by atoms with Crippen molar-refractivity contribution >= 4 is 6.09 Å². The summed E-state index contributed by atoms with van der Waals surface area (Å²) in [5.74, 6) is 0.163. The average molecular weight is 326 g/mol. The van der Waals surface area contributed by atoms with Crippen LogP contribution in [-0.4, -0.2) is 31.4 Å². The Hall–Kier alpha value is -1.82. The molecule has 2 unspecified atom stereocenters. The van der Waals surface area contributed by atoms with Gasteiger partial charge in [0.15, 0.2) is 0 Å². The minimum atomic E-state index is -0.531. The van der Waals surface area contributed by atoms with Gasteiger partial charge in [-0.25, -0.2) is 9.18 Å². The first kappa shape index (κ1) is 19.2. The van der Waals surface area contributed by atoms with Gasteiger partial charge >= 0.3 is 6.09 Å². The molecule has 2 atom stereocenters. The van der Waals surface area contributed by atoms with Crippen LogP contribution in [0.25, 0.3) is 0 Å². The van der Waals surface area contributed by atoms with Gasteiger partial charge in [-0.15, -0.1) is 0 Å². The van der Waals surface area contributed by atoms with E-state index in [1.807, 2.05) is 34.6 Å². The molecule has 1 aromatic carbocycles. The molecule has 0 aliphatic carbocycles. The molecule has 0 aliphatic heterocycles. The summed E-state index contributed by atoms with van der Waals surface area (Å²) in [4.78, 5) is 11.7. The van der Waals surface area contributed by atoms with Crippen LogP contribution in [-0.2, 0) is 4.74 Å². The van der Waals surface area contributed by atoms with Crippen LogP contribution < -0.4 is 15.4 Å². The molecule has 0 heterocycles. The number of ether oxygens (including phenoxy) is 2. The fourth-order valence-corrected chi connectivity index (χ4v) is 2.01. The molecule has 0 radical (unpaired) electrons. The molecule has 1 rings (SSSR count). The number of halogens is 1. The largest absolute Gasteiger partial charge is 0.497 e. The Labute approximate surface area is 137 Å². The molecule has 0 bridgehead atoms. The molecule has 2 N–H and O–H groups in total. The number of carbonyl (C=O) groups is 1. The molecule has 23 heavy (non-hydrogen) atoms. The summed E-state index contributed by atoms with van der Waals surface area (Å²) < 4.78 is 24.2. The quantitative estimate of drug-likeness (QED) is 0.841. The lowest BCUT2D eigenvalue weighted by atomic mass is 10.1. The van der Waals surface area contributed by atoms with E-state index in [0.29, 0.717) is 17.9 Å². The van der Waals surface area contributed by atoms with Gasteiger partial charge in [0, 0.05) is 30.3 Å². The molecule has 6 heteroatoms. The summed E-state index contributed by atoms with van der Waals surface area (Å²) in [5, 5.41) is 5.93. The van der Waals surface area contributed by atoms with Crippen molar-refractivity contribution in [1.29, 1.82) is 0 Å². The number of nitrogens with one attached hydrogen (secondary N) is 2. The zero-order valence-corrected chi connectivity index (χ0v) is 14.7. The predicted molar refractivity (Wildman–Crippen MR) is 88.2 cm³/mol. The van der Waals surface area contributed by atoms with E-state index in [4.69, 9.17) is 9.47 Å². The molecule has 0 aromatic heterocycles. The summed E-state index contributed by atoms with van der Waals surface area (Å²) in [7, 11) is 1.50. The normalized spacial score (nSPS) is 14.0. The minimum absolute atomic E-state index is 0.145. The van der Waals surface area contributed by atoms with Crippen LogP contribution in [0.5, 0.6) is 5.75 Å². The minimum Gasteiger partial charge on any atom is -0.497 e. The van der Waals surface area contributed by atoms with E-state index in [9.17, 15) is 9.18 Å². The molecule has 1 aromatic rings. The number of hydrogen-bond donors (Lipinski definition) is 2. The SMILES string of the molecule is COc1ccc(C(C)NCC(C)NC(=O)OC(C)(C)C)c(F)c1. The lowest BCUT2D eigenvalue weighted by molar-refractivity contribution is 0.0507. The highest BCUT2D eigenvalue weighted by Gasteiger charge is 2.18. The van der Waals surface area contributed by atoms with Crippen molar-refractivity contribution in [2.24, 2.45) is 0 Å². The molecule has 0 aliphatic rings. The number of rotatable bonds is 6. The van der Waals surface area contributed by atoms with Crippen LogP contribution >= 0.6 is 0 Å². The molecule has 5 nitrogen and oxygen atoms in total. The van der Waals surface area contributed by atoms with E-state index in [0.717, 1.165) is 0 Å². The molecule has 0 saturated carbocycles. The lowest BCUT2D eigenvalue weighted by Crippen LogP contribution is -2.43. The van der Waals surface area contributed by atoms with Gasteiger partial charge in [0.1, 0.15) is 17.2 Å². The standard InChI is InChI=1S/C17H27FN2O3/c1-11(20-16(21)23-17(3,4)5)10-19-12(2)14-8-7-13(22-6)9-15(14)18/h7-9,11-12,19H,10H2,1-6H3,(H,20,21). The smallest absolute Gasteiger partial charge is 0.407 e. The predicted octanol–water partition coefficient (Wildman–Crippen LogP) is 3.40. The zero-order chi connectivity index (χ0) is 17.6. The molecule has 0 spiro atoms. The van der Waals surface area contributed by atoms with Gasteiger partial charge in [-0.3, -0.25) is 0 Å². The van der Waals surface area contributed by atoms with E-state index in [1.54, 1.807) is 12.1 Å². The van der Waals surface area contributed by atoms with Crippen LogP contribution in [0.4, 0.5) is 9.18 Å². The highest BCUT2D eigenvalue weighted by atomic mass is 19.1. The number of alkyl carbamates (subject to hydrolysis) is 1. The van der Waals surface area contributed by atoms with Crippen LogP contribution in [0.15, 0.2) is 18.2 Å². The maximum atomic E-state index is 14.0. The number of methoxy groups -OCH3 is 1. The summed E-state index contributed by atoms with van der Waals surface area (Å²) in [6.07, 6.45) is -0.463. The zero-order valence-electron chi connectivity index (χ0n) is 14.7. The highest BCUT2D eigenvalue weighted by molar-refractivity contribution is 5.68. The first-order chi connectivity index (χ1) is 10.6. The van der Waals surface area contributed by atoms with Gasteiger partial charge in [-0.05, 0) is 40.7 Å². The van der Waals surface area contributed by atoms with Crippen LogP contribution in [0.3, 0.4) is 0 Å². The van der Waals surface area contributed by atoms with Crippen LogP contribution in [0.2, 0.25) is 0 Å². The van der Waals surface area contributed by atoms with Crippen molar-refractivity contribution in [3.63, 3.8) is 0 Å². The summed E-state index contributed by atoms with van der Waals surface area (Å²) in [5.41, 5.74) is 0.0202. The van der Waals surface area contributed by atoms with Gasteiger partial charge in [0.25, 0.3) is 0 Å². The average Bonchev–Trinajstić information content (AvgIpc) is 2.42. The molecule has 0 saturated heterocycles. The fourth-order valence-electron chi connectivity index (χ4n) is 2.01. The lowest BCUT2D eigenvalue weighted by Gasteiger charge is -2.23. The molecular weight excluding hydrogens is 299 g/mol. The molecule has 1 amide bonds. The number of hydrogen-bond acceptors (Lipinski definition) is 4. The molecule has 0 fully saturated rings. The Morgan fingerprint density at radius 3 is 2.48 bits per heavy atom. The van der Waals surface area contributed by atoms with Gasteiger partial charge in [0.05, 0.1) is 7.11 Å². The monoisotopic (exact) mass is 326 g/mol. The third-order valence-corrected chi connectivity index (χ3v) is 3.17. The Morgan fingerprint density at radius 1 is 1.30 bits per heavy atom. The molecule has 130 valence electrons. The highest BCUT2D eigenvalue weighted by Crippen LogP contribution is 2.21. The van der Waals surface area contributed by atoms with Crippen molar-refractivity contribution < 1.29 is 18.7 Å². The Bertz CT molecular complexity index is 529. The van der Waals surface area contributed by atoms with E-state index >= 15 is 0 Å². The Kier molecular flexibility index (Phi) is 6.81. The first-order valence-electron chi connectivity index (χ1n) is 7.68. The number of carbonyl (C=O) groups excluding carboxylic acids is 1. The second-order valence-electron chi connectivity index (χ2n) is 6.56. The summed E-state index contributed by atoms with van der Waals surface area (Å²) in [6, 6.07) is 4.43. The number of benzene rings is 1. The van der Waals surface area contributed by atoms with E-state index < -0.39 is 11.7 Å². The van der Waals surface area contributed by atoms with Crippen molar-refractivity contribution in [1.82, 2.24) is 10.6 Å². The maximum Gasteiger partial charge on any atom is 0.407 e. The van der Waals surface area contributed by atoms with Crippen molar-refractivity contribution in [2.45, 2.75) is 52.3 Å². The van der Waals surface area contributed by atoms with E-state index in [1.165, 1.54) is 13.2 Å². The Morgan fingerprint density at radius 2 is 1.96 bits per heavy atom. The topological polar surface area (TPSA) is 59.6 Å². The summed E-state index contributed by atoms with van der Waals surface area (Å²) in [6.45, 7) is 9.64. The Balaban J connectivity index is 2.49. The molecular formula is C17H27FN2O3. The fraction of sp³-hybridized carbons (Fsp3) is 0.588. The van der Waals surface area contributed by atoms with Crippen LogP contribution in [0.1, 0.15) is 46.2 Å². The maximum absolute atomic E-state index is 14.0. The summed E-state index contributed by atoms with van der Waals surface area (Å²) >= 11 is 0. The van der Waals surface area contributed by atoms with Gasteiger partial charge < -0.3 is 20.1 Å². The van der Waals surface area contributed by atoms with Gasteiger partial charge in [-0.2, -0.15) is 0 Å². The van der Waals surface area contributed by atoms with Gasteiger partial charge in [-0.1, -0.05) is 6.07 Å². The second-order valence-corrected chi connectivity index (χ2v) is 6.56. The first-order valence-corrected chi connectivity index (χ1v) is 7.68. The van der Waals surface area contributed by atoms with E-state index in [2.05, 4.69) is 10.6 Å². The third-order valence-electron chi connectivity index (χ3n) is 3.17. The van der Waals surface area contributed by atoms with Crippen LogP contribution in [0, 0.1) is 5.82 Å². The second kappa shape index (κ2) is 8.15. The van der Waals surface area contributed by atoms with Crippen molar-refractivity contribution in [3.05, 3.63) is 29.6 Å².